The van der Waals surface area contributed by atoms with E-state index in [2.05, 4.69) is 0 Å². The standard InChI is InChI=1S/C8H6O4.C2H6O2.Na.H/c9-7(10)5-2-1-3-6(4-5)8(11)12;3-1-2-4;;/h1-4H,(H,9,10)(H,11,12);3-4H,1-2H2;;. The van der Waals surface area contributed by atoms with Crippen LogP contribution in [0.5, 0.6) is 0 Å². The number of rotatable bonds is 3. The molecular formula is C10H13NaO6. The van der Waals surface area contributed by atoms with Gasteiger partial charge in [-0.2, -0.15) is 0 Å². The van der Waals surface area contributed by atoms with E-state index in [1.54, 1.807) is 0 Å². The van der Waals surface area contributed by atoms with E-state index in [0.717, 1.165) is 6.07 Å². The van der Waals surface area contributed by atoms with Crippen molar-refractivity contribution in [2.24, 2.45) is 0 Å². The van der Waals surface area contributed by atoms with Gasteiger partial charge in [0.05, 0.1) is 24.3 Å². The summed E-state index contributed by atoms with van der Waals surface area (Å²) in [6.45, 7) is -0.250. The van der Waals surface area contributed by atoms with Gasteiger partial charge in [-0.1, -0.05) is 6.07 Å². The number of carboxylic acids is 2. The Morgan fingerprint density at radius 2 is 1.29 bits per heavy atom. The normalized spacial score (nSPS) is 8.35. The Hall–Kier alpha value is -0.920. The quantitative estimate of drug-likeness (QED) is 0.534. The summed E-state index contributed by atoms with van der Waals surface area (Å²) in [7, 11) is 0. The Kier molecular flexibility index (Phi) is 11.1. The van der Waals surface area contributed by atoms with E-state index < -0.39 is 11.9 Å². The minimum atomic E-state index is -1.13. The molecule has 0 aliphatic rings. The second-order valence-corrected chi connectivity index (χ2v) is 2.64. The van der Waals surface area contributed by atoms with Crippen LogP contribution in [0.15, 0.2) is 24.3 Å². The van der Waals surface area contributed by atoms with E-state index in [-0.39, 0.29) is 53.9 Å². The fraction of sp³-hybridized carbons (Fsp3) is 0.200. The zero-order valence-corrected chi connectivity index (χ0v) is 8.33. The Bertz CT molecular complexity index is 334. The predicted octanol–water partition coefficient (Wildman–Crippen LogP) is -0.594. The van der Waals surface area contributed by atoms with Crippen LogP contribution in [0.25, 0.3) is 0 Å². The summed E-state index contributed by atoms with van der Waals surface area (Å²) in [6.07, 6.45) is 0. The summed E-state index contributed by atoms with van der Waals surface area (Å²) < 4.78 is 0. The molecule has 0 saturated heterocycles. The maximum absolute atomic E-state index is 10.4. The summed E-state index contributed by atoms with van der Waals surface area (Å²) in [5, 5.41) is 32.2. The third-order valence-corrected chi connectivity index (χ3v) is 1.46. The van der Waals surface area contributed by atoms with Crippen LogP contribution in [0.3, 0.4) is 0 Å². The molecular weight excluding hydrogens is 239 g/mol. The number of hydrogen-bond acceptors (Lipinski definition) is 4. The van der Waals surface area contributed by atoms with Crippen molar-refractivity contribution in [2.75, 3.05) is 13.2 Å². The average Bonchev–Trinajstić information content (AvgIpc) is 2.29. The first-order valence-corrected chi connectivity index (χ1v) is 4.31. The van der Waals surface area contributed by atoms with Gasteiger partial charge in [-0.3, -0.25) is 0 Å². The predicted molar refractivity (Wildman–Crippen MR) is 61.7 cm³/mol. The number of aromatic carboxylic acids is 2. The molecule has 1 aromatic rings. The molecule has 4 N–H and O–H groups in total. The first-order chi connectivity index (χ1) is 7.52. The monoisotopic (exact) mass is 252 g/mol. The van der Waals surface area contributed by atoms with Crippen molar-refractivity contribution in [1.82, 2.24) is 0 Å². The van der Waals surface area contributed by atoms with Crippen LogP contribution in [0, 0.1) is 0 Å². The van der Waals surface area contributed by atoms with Crippen LogP contribution < -0.4 is 0 Å². The van der Waals surface area contributed by atoms with Crippen molar-refractivity contribution in [1.29, 1.82) is 0 Å². The van der Waals surface area contributed by atoms with Crippen LogP contribution >= 0.6 is 0 Å². The van der Waals surface area contributed by atoms with Crippen molar-refractivity contribution in [3.8, 4) is 0 Å². The van der Waals surface area contributed by atoms with Gasteiger partial charge in [0.1, 0.15) is 0 Å². The molecule has 1 aromatic carbocycles. The van der Waals surface area contributed by atoms with Gasteiger partial charge >= 0.3 is 41.5 Å². The molecule has 0 aromatic heterocycles. The summed E-state index contributed by atoms with van der Waals surface area (Å²) in [4.78, 5) is 20.8. The van der Waals surface area contributed by atoms with E-state index in [4.69, 9.17) is 20.4 Å². The summed E-state index contributed by atoms with van der Waals surface area (Å²) in [5.41, 5.74) is -0.0372. The molecule has 0 unspecified atom stereocenters. The molecule has 0 aliphatic carbocycles. The van der Waals surface area contributed by atoms with Crippen LogP contribution in [0.2, 0.25) is 0 Å². The number of hydrogen-bond donors (Lipinski definition) is 4. The Morgan fingerprint density at radius 3 is 1.53 bits per heavy atom. The van der Waals surface area contributed by atoms with E-state index in [0.29, 0.717) is 0 Å². The summed E-state index contributed by atoms with van der Waals surface area (Å²) in [6, 6.07) is 5.20. The van der Waals surface area contributed by atoms with E-state index in [1.807, 2.05) is 0 Å². The Morgan fingerprint density at radius 1 is 0.941 bits per heavy atom. The molecule has 6 nitrogen and oxygen atoms in total. The summed E-state index contributed by atoms with van der Waals surface area (Å²) >= 11 is 0. The fourth-order valence-electron chi connectivity index (χ4n) is 0.785. The third kappa shape index (κ3) is 7.89. The van der Waals surface area contributed by atoms with Gasteiger partial charge in [0.25, 0.3) is 0 Å². The first-order valence-electron chi connectivity index (χ1n) is 4.31. The number of aliphatic hydroxyl groups excluding tert-OH is 2. The molecule has 90 valence electrons. The molecule has 0 amide bonds. The van der Waals surface area contributed by atoms with Gasteiger partial charge in [0.2, 0.25) is 0 Å². The van der Waals surface area contributed by atoms with E-state index >= 15 is 0 Å². The second-order valence-electron chi connectivity index (χ2n) is 2.64. The number of benzene rings is 1. The minimum absolute atomic E-state index is 0. The van der Waals surface area contributed by atoms with Crippen LogP contribution in [-0.2, 0) is 0 Å². The van der Waals surface area contributed by atoms with Gasteiger partial charge in [0.15, 0.2) is 0 Å². The molecule has 0 saturated carbocycles. The topological polar surface area (TPSA) is 115 Å². The van der Waals surface area contributed by atoms with E-state index in [9.17, 15) is 9.59 Å². The zero-order chi connectivity index (χ0) is 12.6. The molecule has 0 atom stereocenters. The molecule has 0 aliphatic heterocycles. The molecule has 17 heavy (non-hydrogen) atoms. The van der Waals surface area contributed by atoms with Crippen LogP contribution in [-0.4, -0.2) is 75.1 Å². The van der Waals surface area contributed by atoms with Gasteiger partial charge in [-0.15, -0.1) is 0 Å². The average molecular weight is 252 g/mol. The Balaban J connectivity index is 0. The molecule has 0 fully saturated rings. The van der Waals surface area contributed by atoms with Crippen molar-refractivity contribution in [3.05, 3.63) is 35.4 Å². The molecule has 0 heterocycles. The first kappa shape index (κ1) is 18.4. The zero-order valence-electron chi connectivity index (χ0n) is 8.33. The number of carbonyl (C=O) groups is 2. The van der Waals surface area contributed by atoms with Gasteiger partial charge < -0.3 is 20.4 Å². The molecule has 0 radical (unpaired) electrons. The van der Waals surface area contributed by atoms with Crippen molar-refractivity contribution < 1.29 is 30.0 Å². The number of aliphatic hydroxyl groups is 2. The Labute approximate surface area is 120 Å². The van der Waals surface area contributed by atoms with Crippen molar-refractivity contribution in [2.45, 2.75) is 0 Å². The van der Waals surface area contributed by atoms with Gasteiger partial charge in [-0.25, -0.2) is 9.59 Å². The fourth-order valence-corrected chi connectivity index (χ4v) is 0.785. The molecule has 0 spiro atoms. The van der Waals surface area contributed by atoms with E-state index in [1.165, 1.54) is 18.2 Å². The maximum atomic E-state index is 10.4. The van der Waals surface area contributed by atoms with Crippen molar-refractivity contribution >= 4 is 41.5 Å². The van der Waals surface area contributed by atoms with Crippen LogP contribution in [0.4, 0.5) is 0 Å². The SMILES string of the molecule is O=C(O)c1cccc(C(=O)O)c1.OCCO.[NaH]. The van der Waals surface area contributed by atoms with Crippen LogP contribution in [0.1, 0.15) is 20.7 Å². The number of carboxylic acid groups (broad SMARTS) is 2. The van der Waals surface area contributed by atoms with Gasteiger partial charge in [-0.05, 0) is 18.2 Å². The third-order valence-electron chi connectivity index (χ3n) is 1.46. The van der Waals surface area contributed by atoms with Crippen molar-refractivity contribution in [3.63, 3.8) is 0 Å². The second kappa shape index (κ2) is 10.2. The summed E-state index contributed by atoms with van der Waals surface area (Å²) in [5.74, 6) is -2.25. The molecule has 1 rings (SSSR count). The molecule has 7 heteroatoms. The molecule has 0 bridgehead atoms. The van der Waals surface area contributed by atoms with Gasteiger partial charge in [0, 0.05) is 0 Å².